The molecule has 0 amide bonds. The monoisotopic (exact) mass is 382 g/mol. The number of benzene rings is 3. The number of hydrogen-bond acceptors (Lipinski definition) is 0. The van der Waals surface area contributed by atoms with Crippen LogP contribution in [0.1, 0.15) is 16.0 Å². The lowest BCUT2D eigenvalue weighted by molar-refractivity contribution is 0.639. The van der Waals surface area contributed by atoms with Crippen LogP contribution in [0.25, 0.3) is 10.8 Å². The Labute approximate surface area is 140 Å². The van der Waals surface area contributed by atoms with Crippen molar-refractivity contribution in [1.82, 2.24) is 0 Å². The fourth-order valence-electron chi connectivity index (χ4n) is 2.41. The van der Waals surface area contributed by atoms with Crippen molar-refractivity contribution in [3.05, 3.63) is 81.6 Å². The molecule has 0 aromatic heterocycles. The molecule has 0 aliphatic carbocycles. The summed E-state index contributed by atoms with van der Waals surface area (Å²) >= 11 is 16.2. The van der Waals surface area contributed by atoms with E-state index in [-0.39, 0.29) is 10.6 Å². The number of fused-ring (bicyclic) bond motifs is 1. The second-order valence-electron chi connectivity index (χ2n) is 4.68. The van der Waals surface area contributed by atoms with Gasteiger partial charge in [0.1, 0.15) is 5.82 Å². The Morgan fingerprint density at radius 3 is 2.10 bits per heavy atom. The van der Waals surface area contributed by atoms with Crippen LogP contribution in [-0.4, -0.2) is 0 Å². The predicted molar refractivity (Wildman–Crippen MR) is 91.1 cm³/mol. The van der Waals surface area contributed by atoms with Crippen LogP contribution in [0.5, 0.6) is 0 Å². The standard InChI is InChI=1S/C17H10BrCl2F/c18-17(16-13(19)6-3-7-14(16)20)12-8-9-15(21)11-5-2-1-4-10(11)12/h1-9,17H. The maximum atomic E-state index is 13.9. The van der Waals surface area contributed by atoms with E-state index in [0.717, 1.165) is 16.5 Å². The highest BCUT2D eigenvalue weighted by molar-refractivity contribution is 9.09. The van der Waals surface area contributed by atoms with Gasteiger partial charge in [-0.1, -0.05) is 75.5 Å². The van der Waals surface area contributed by atoms with Crippen molar-refractivity contribution >= 4 is 49.9 Å². The van der Waals surface area contributed by atoms with E-state index in [1.807, 2.05) is 18.2 Å². The van der Waals surface area contributed by atoms with Gasteiger partial charge in [-0.15, -0.1) is 0 Å². The first-order valence-electron chi connectivity index (χ1n) is 6.34. The third kappa shape index (κ3) is 2.68. The zero-order valence-electron chi connectivity index (χ0n) is 10.8. The first kappa shape index (κ1) is 14.8. The van der Waals surface area contributed by atoms with Crippen LogP contribution in [0.15, 0.2) is 54.6 Å². The summed E-state index contributed by atoms with van der Waals surface area (Å²) in [5.41, 5.74) is 1.72. The van der Waals surface area contributed by atoms with E-state index in [9.17, 15) is 4.39 Å². The van der Waals surface area contributed by atoms with Crippen LogP contribution in [0.3, 0.4) is 0 Å². The highest BCUT2D eigenvalue weighted by atomic mass is 79.9. The fraction of sp³-hybridized carbons (Fsp3) is 0.0588. The molecule has 106 valence electrons. The molecule has 0 bridgehead atoms. The summed E-state index contributed by atoms with van der Waals surface area (Å²) < 4.78 is 13.9. The van der Waals surface area contributed by atoms with E-state index in [0.29, 0.717) is 15.4 Å². The fourth-order valence-corrected chi connectivity index (χ4v) is 4.19. The molecule has 0 fully saturated rings. The summed E-state index contributed by atoms with van der Waals surface area (Å²) in [7, 11) is 0. The molecule has 0 radical (unpaired) electrons. The van der Waals surface area contributed by atoms with Crippen LogP contribution < -0.4 is 0 Å². The van der Waals surface area contributed by atoms with Gasteiger partial charge in [0.25, 0.3) is 0 Å². The topological polar surface area (TPSA) is 0 Å². The molecular formula is C17H10BrCl2F. The second kappa shape index (κ2) is 5.96. The van der Waals surface area contributed by atoms with E-state index in [4.69, 9.17) is 23.2 Å². The number of rotatable bonds is 2. The van der Waals surface area contributed by atoms with Crippen molar-refractivity contribution in [3.8, 4) is 0 Å². The molecule has 0 nitrogen and oxygen atoms in total. The van der Waals surface area contributed by atoms with Crippen molar-refractivity contribution in [2.75, 3.05) is 0 Å². The Morgan fingerprint density at radius 2 is 1.43 bits per heavy atom. The smallest absolute Gasteiger partial charge is 0.131 e. The normalized spacial score (nSPS) is 12.6. The predicted octanol–water partition coefficient (Wildman–Crippen LogP) is 6.77. The first-order valence-corrected chi connectivity index (χ1v) is 8.02. The van der Waals surface area contributed by atoms with Crippen LogP contribution in [0.2, 0.25) is 10.0 Å². The van der Waals surface area contributed by atoms with E-state index in [1.54, 1.807) is 30.3 Å². The zero-order chi connectivity index (χ0) is 15.0. The molecule has 21 heavy (non-hydrogen) atoms. The molecule has 0 saturated carbocycles. The van der Waals surface area contributed by atoms with Gasteiger partial charge in [0.05, 0.1) is 4.83 Å². The Hall–Kier alpha value is -1.09. The summed E-state index contributed by atoms with van der Waals surface area (Å²) in [4.78, 5) is -0.204. The van der Waals surface area contributed by atoms with Gasteiger partial charge in [0.2, 0.25) is 0 Å². The molecule has 3 aromatic rings. The SMILES string of the molecule is Fc1ccc(C(Br)c2c(Cl)cccc2Cl)c2ccccc12. The first-order chi connectivity index (χ1) is 10.1. The van der Waals surface area contributed by atoms with Crippen molar-refractivity contribution in [2.24, 2.45) is 0 Å². The summed E-state index contributed by atoms with van der Waals surface area (Å²) in [6, 6.07) is 16.0. The molecule has 0 aliphatic rings. The van der Waals surface area contributed by atoms with E-state index in [2.05, 4.69) is 15.9 Å². The summed E-state index contributed by atoms with van der Waals surface area (Å²) in [6.45, 7) is 0. The number of hydrogen-bond donors (Lipinski definition) is 0. The van der Waals surface area contributed by atoms with Gasteiger partial charge in [-0.3, -0.25) is 0 Å². The number of halogens is 4. The number of alkyl halides is 1. The molecule has 0 saturated heterocycles. The maximum Gasteiger partial charge on any atom is 0.131 e. The van der Waals surface area contributed by atoms with Crippen molar-refractivity contribution in [2.45, 2.75) is 4.83 Å². The minimum Gasteiger partial charge on any atom is -0.206 e. The van der Waals surface area contributed by atoms with Crippen LogP contribution in [-0.2, 0) is 0 Å². The molecule has 0 aliphatic heterocycles. The van der Waals surface area contributed by atoms with E-state index >= 15 is 0 Å². The Balaban J connectivity index is 2.23. The van der Waals surface area contributed by atoms with Gasteiger partial charge in [-0.05, 0) is 29.1 Å². The third-order valence-corrected chi connectivity index (χ3v) is 5.04. The highest BCUT2D eigenvalue weighted by Gasteiger charge is 2.19. The van der Waals surface area contributed by atoms with Gasteiger partial charge < -0.3 is 0 Å². The molecular weight excluding hydrogens is 374 g/mol. The zero-order valence-corrected chi connectivity index (χ0v) is 13.9. The molecule has 1 unspecified atom stereocenters. The van der Waals surface area contributed by atoms with Crippen LogP contribution in [0, 0.1) is 5.82 Å². The lowest BCUT2D eigenvalue weighted by Crippen LogP contribution is -1.97. The summed E-state index contributed by atoms with van der Waals surface area (Å²) in [6.07, 6.45) is 0. The van der Waals surface area contributed by atoms with E-state index in [1.165, 1.54) is 6.07 Å². The van der Waals surface area contributed by atoms with E-state index < -0.39 is 0 Å². The average molecular weight is 384 g/mol. The third-order valence-electron chi connectivity index (χ3n) is 3.43. The van der Waals surface area contributed by atoms with Gasteiger partial charge in [0.15, 0.2) is 0 Å². The minimum absolute atomic E-state index is 0.204. The highest BCUT2D eigenvalue weighted by Crippen LogP contribution is 2.42. The lowest BCUT2D eigenvalue weighted by atomic mass is 9.98. The molecule has 3 rings (SSSR count). The molecule has 1 atom stereocenters. The Morgan fingerprint density at radius 1 is 0.810 bits per heavy atom. The minimum atomic E-state index is -0.237. The van der Waals surface area contributed by atoms with Crippen LogP contribution >= 0.6 is 39.1 Å². The lowest BCUT2D eigenvalue weighted by Gasteiger charge is -2.16. The van der Waals surface area contributed by atoms with Crippen LogP contribution in [0.4, 0.5) is 4.39 Å². The second-order valence-corrected chi connectivity index (χ2v) is 6.41. The molecule has 0 spiro atoms. The summed E-state index contributed by atoms with van der Waals surface area (Å²) in [5.74, 6) is -0.237. The quantitative estimate of drug-likeness (QED) is 0.428. The van der Waals surface area contributed by atoms with Crippen molar-refractivity contribution < 1.29 is 4.39 Å². The van der Waals surface area contributed by atoms with Gasteiger partial charge in [-0.25, -0.2) is 4.39 Å². The Kier molecular flexibility index (Phi) is 4.21. The van der Waals surface area contributed by atoms with Gasteiger partial charge >= 0.3 is 0 Å². The van der Waals surface area contributed by atoms with Crippen molar-refractivity contribution in [1.29, 1.82) is 0 Å². The Bertz CT molecular complexity index is 797. The molecule has 0 heterocycles. The van der Waals surface area contributed by atoms with Crippen molar-refractivity contribution in [3.63, 3.8) is 0 Å². The molecule has 4 heteroatoms. The summed E-state index contributed by atoms with van der Waals surface area (Å²) in [5, 5.41) is 2.59. The van der Waals surface area contributed by atoms with Gasteiger partial charge in [-0.2, -0.15) is 0 Å². The average Bonchev–Trinajstić information content (AvgIpc) is 2.47. The maximum absolute atomic E-state index is 13.9. The largest absolute Gasteiger partial charge is 0.206 e. The molecule has 0 N–H and O–H groups in total. The van der Waals surface area contributed by atoms with Gasteiger partial charge in [0, 0.05) is 21.0 Å². The molecule has 3 aromatic carbocycles.